The van der Waals surface area contributed by atoms with Crippen LogP contribution in [0.5, 0.6) is 0 Å². The van der Waals surface area contributed by atoms with E-state index >= 15 is 4.39 Å². The van der Waals surface area contributed by atoms with Gasteiger partial charge in [-0.25, -0.2) is 22.8 Å². The summed E-state index contributed by atoms with van der Waals surface area (Å²) in [4.78, 5) is 28.3. The number of carbonyl (C=O) groups excluding carboxylic acids is 1. The molecule has 1 saturated heterocycles. The van der Waals surface area contributed by atoms with Gasteiger partial charge in [-0.3, -0.25) is 4.79 Å². The predicted octanol–water partition coefficient (Wildman–Crippen LogP) is 2.73. The Balaban J connectivity index is 1.09. The molecule has 10 nitrogen and oxygen atoms in total. The van der Waals surface area contributed by atoms with Crippen molar-refractivity contribution >= 4 is 27.4 Å². The van der Waals surface area contributed by atoms with Crippen molar-refractivity contribution in [3.8, 4) is 0 Å². The van der Waals surface area contributed by atoms with Crippen molar-refractivity contribution in [2.75, 3.05) is 55.8 Å². The third kappa shape index (κ3) is 6.23. The van der Waals surface area contributed by atoms with Gasteiger partial charge in [-0.2, -0.15) is 0 Å². The van der Waals surface area contributed by atoms with Crippen molar-refractivity contribution in [2.45, 2.75) is 68.0 Å². The molecule has 5 aliphatic rings. The minimum atomic E-state index is -3.56. The number of piperazine rings is 1. The Labute approximate surface area is 253 Å². The van der Waals surface area contributed by atoms with Crippen LogP contribution < -0.4 is 15.1 Å². The summed E-state index contributed by atoms with van der Waals surface area (Å²) in [6.45, 7) is 4.14. The molecule has 2 aromatic rings. The van der Waals surface area contributed by atoms with Crippen LogP contribution in [0.4, 0.5) is 16.0 Å². The lowest BCUT2D eigenvalue weighted by Gasteiger charge is -2.58. The highest BCUT2D eigenvalue weighted by Gasteiger charge is 2.55. The van der Waals surface area contributed by atoms with Crippen molar-refractivity contribution in [3.05, 3.63) is 42.0 Å². The Morgan fingerprint density at radius 3 is 2.56 bits per heavy atom. The van der Waals surface area contributed by atoms with Crippen molar-refractivity contribution in [3.63, 3.8) is 0 Å². The summed E-state index contributed by atoms with van der Waals surface area (Å²) in [5, 5.41) is 14.1. The summed E-state index contributed by atoms with van der Waals surface area (Å²) in [5.74, 6) is 0.860. The van der Waals surface area contributed by atoms with Gasteiger partial charge in [0.25, 0.3) is 5.91 Å². The highest BCUT2D eigenvalue weighted by molar-refractivity contribution is 7.91. The number of nitrogens with zero attached hydrogens (tertiary/aromatic N) is 5. The predicted molar refractivity (Wildman–Crippen MR) is 162 cm³/mol. The van der Waals surface area contributed by atoms with Crippen molar-refractivity contribution < 1.29 is 22.7 Å². The zero-order valence-electron chi connectivity index (χ0n) is 25.2. The van der Waals surface area contributed by atoms with Gasteiger partial charge in [-0.15, -0.1) is 0 Å². The van der Waals surface area contributed by atoms with Gasteiger partial charge in [-0.1, -0.05) is 0 Å². The first-order chi connectivity index (χ1) is 20.4. The number of hydrogen-bond donors (Lipinski definition) is 2. The number of aromatic nitrogens is 2. The van der Waals surface area contributed by atoms with Gasteiger partial charge in [0.1, 0.15) is 11.5 Å². The second-order valence-corrected chi connectivity index (χ2v) is 15.6. The lowest BCUT2D eigenvalue weighted by molar-refractivity contribution is -0.136. The lowest BCUT2D eigenvalue weighted by Crippen LogP contribution is -2.61. The zero-order chi connectivity index (χ0) is 30.5. The molecule has 12 heteroatoms. The maximum Gasteiger partial charge on any atom is 0.270 e. The van der Waals surface area contributed by atoms with E-state index in [1.807, 2.05) is 35.7 Å². The van der Waals surface area contributed by atoms with Crippen molar-refractivity contribution in [1.82, 2.24) is 20.2 Å². The van der Waals surface area contributed by atoms with Gasteiger partial charge < -0.3 is 25.1 Å². The summed E-state index contributed by atoms with van der Waals surface area (Å²) >= 11 is 0. The van der Waals surface area contributed by atoms with E-state index in [0.717, 1.165) is 38.2 Å². The van der Waals surface area contributed by atoms with Gasteiger partial charge in [0.05, 0.1) is 21.9 Å². The van der Waals surface area contributed by atoms with Gasteiger partial charge in [0, 0.05) is 37.9 Å². The van der Waals surface area contributed by atoms with E-state index in [9.17, 15) is 18.3 Å². The maximum atomic E-state index is 15.2. The molecule has 2 heterocycles. The summed E-state index contributed by atoms with van der Waals surface area (Å²) < 4.78 is 40.6. The Morgan fingerprint density at radius 2 is 1.91 bits per heavy atom. The molecular weight excluding hydrogens is 571 g/mol. The van der Waals surface area contributed by atoms with E-state index in [1.54, 1.807) is 18.3 Å². The molecule has 1 amide bonds. The summed E-state index contributed by atoms with van der Waals surface area (Å²) in [7, 11) is 0.210. The molecular formula is C31H43FN6O4S. The Bertz CT molecular complexity index is 1460. The van der Waals surface area contributed by atoms with Gasteiger partial charge in [-0.05, 0) is 108 Å². The van der Waals surface area contributed by atoms with Crippen molar-refractivity contribution in [2.24, 2.45) is 17.8 Å². The molecule has 1 aromatic carbocycles. The molecule has 4 saturated carbocycles. The average molecular weight is 615 g/mol. The monoisotopic (exact) mass is 614 g/mol. The molecule has 7 rings (SSSR count). The number of rotatable bonds is 9. The van der Waals surface area contributed by atoms with E-state index < -0.39 is 21.3 Å². The fourth-order valence-electron chi connectivity index (χ4n) is 8.16. The van der Waals surface area contributed by atoms with E-state index in [0.29, 0.717) is 67.7 Å². The topological polar surface area (TPSA) is 119 Å². The third-order valence-corrected chi connectivity index (χ3v) is 11.7. The molecule has 5 fully saturated rings. The number of hydrogen-bond acceptors (Lipinski definition) is 9. The molecule has 234 valence electrons. The van der Waals surface area contributed by atoms with Gasteiger partial charge >= 0.3 is 0 Å². The minimum Gasteiger partial charge on any atom is -0.390 e. The summed E-state index contributed by atoms with van der Waals surface area (Å²) in [6.07, 6.45) is 6.64. The number of aliphatic hydroxyl groups is 1. The van der Waals surface area contributed by atoms with Crippen LogP contribution in [-0.2, 0) is 9.84 Å². The summed E-state index contributed by atoms with van der Waals surface area (Å²) in [5.41, 5.74) is 0.140. The Hall–Kier alpha value is -2.83. The molecule has 2 unspecified atom stereocenters. The molecule has 4 bridgehead atoms. The molecule has 1 aliphatic heterocycles. The van der Waals surface area contributed by atoms with Crippen LogP contribution in [0.2, 0.25) is 0 Å². The maximum absolute atomic E-state index is 15.2. The van der Waals surface area contributed by atoms with Crippen LogP contribution >= 0.6 is 0 Å². The summed E-state index contributed by atoms with van der Waals surface area (Å²) in [6, 6.07) is 5.81. The second kappa shape index (κ2) is 11.6. The molecule has 0 radical (unpaired) electrons. The molecule has 4 aliphatic carbocycles. The number of amides is 1. The van der Waals surface area contributed by atoms with Crippen molar-refractivity contribution in [1.29, 1.82) is 0 Å². The standard InChI is InChI=1S/C31H43FN6O4S/c1-20-19-37(27-6-5-24(15-25(27)32)43(41,42)12-4-9-36(2)3)10-11-38(20)30-33-8-7-26(34-30)29(39)35-28-22-13-21-14-23(28)18-31(40,16-21)17-22/h5-8,15,20-23,28,40H,4,9-14,16-19H2,1-3H3,(H,35,39)/t20-,21?,22?,23?,28?,31?/m1/s1. The quantitative estimate of drug-likeness (QED) is 0.440. The highest BCUT2D eigenvalue weighted by atomic mass is 32.2. The fourth-order valence-corrected chi connectivity index (χ4v) is 9.46. The third-order valence-electron chi connectivity index (χ3n) is 9.94. The molecule has 43 heavy (non-hydrogen) atoms. The first-order valence-electron chi connectivity index (χ1n) is 15.5. The first kappa shape index (κ1) is 30.2. The number of sulfone groups is 1. The van der Waals surface area contributed by atoms with Gasteiger partial charge in [0.15, 0.2) is 9.84 Å². The Kier molecular flexibility index (Phi) is 8.14. The highest BCUT2D eigenvalue weighted by Crippen LogP contribution is 2.55. The van der Waals surface area contributed by atoms with Crippen LogP contribution in [-0.4, -0.2) is 98.0 Å². The largest absolute Gasteiger partial charge is 0.390 e. The zero-order valence-corrected chi connectivity index (χ0v) is 26.1. The Morgan fingerprint density at radius 1 is 1.16 bits per heavy atom. The molecule has 3 atom stereocenters. The van der Waals surface area contributed by atoms with E-state index in [-0.39, 0.29) is 28.6 Å². The number of benzene rings is 1. The first-order valence-corrected chi connectivity index (χ1v) is 17.1. The number of carbonyl (C=O) groups is 1. The molecule has 2 N–H and O–H groups in total. The molecule has 1 aromatic heterocycles. The number of nitrogens with one attached hydrogen (secondary N) is 1. The van der Waals surface area contributed by atoms with Crippen LogP contribution in [0.1, 0.15) is 55.9 Å². The van der Waals surface area contributed by atoms with E-state index in [1.165, 1.54) is 6.07 Å². The van der Waals surface area contributed by atoms with Crippen LogP contribution in [0.3, 0.4) is 0 Å². The van der Waals surface area contributed by atoms with Crippen LogP contribution in [0.15, 0.2) is 35.4 Å². The SMILES string of the molecule is C[C@@H]1CN(c2ccc(S(=O)(=O)CCCN(C)C)cc2F)CCN1c1nccc(C(=O)NC2C3CC4CC2CC(O)(C4)C3)n1. The van der Waals surface area contributed by atoms with Gasteiger partial charge in [0.2, 0.25) is 5.95 Å². The van der Waals surface area contributed by atoms with E-state index in [4.69, 9.17) is 0 Å². The molecule has 0 spiro atoms. The number of anilines is 2. The smallest absolute Gasteiger partial charge is 0.270 e. The second-order valence-electron chi connectivity index (χ2n) is 13.5. The lowest BCUT2D eigenvalue weighted by atomic mass is 9.52. The average Bonchev–Trinajstić information content (AvgIpc) is 2.93. The number of halogens is 1. The van der Waals surface area contributed by atoms with Crippen LogP contribution in [0, 0.1) is 23.6 Å². The minimum absolute atomic E-state index is 0.00667. The normalized spacial score (nSPS) is 30.2. The fraction of sp³-hybridized carbons (Fsp3) is 0.645. The van der Waals surface area contributed by atoms with E-state index in [2.05, 4.69) is 15.3 Å². The van der Waals surface area contributed by atoms with Crippen LogP contribution in [0.25, 0.3) is 0 Å².